The average Bonchev–Trinajstić information content (AvgIpc) is 3.52. The molecular formula is C28H20Cl2N6OS2. The summed E-state index contributed by atoms with van der Waals surface area (Å²) in [6.45, 7) is 0.654. The summed E-state index contributed by atoms with van der Waals surface area (Å²) in [6.07, 6.45) is 2.31. The Bertz CT molecular complexity index is 1800. The fourth-order valence-corrected chi connectivity index (χ4v) is 6.09. The van der Waals surface area contributed by atoms with Crippen LogP contribution in [0.15, 0.2) is 84.1 Å². The number of anilines is 1. The van der Waals surface area contributed by atoms with Crippen molar-refractivity contribution in [2.45, 2.75) is 18.1 Å². The lowest BCUT2D eigenvalue weighted by Crippen LogP contribution is -2.14. The van der Waals surface area contributed by atoms with Crippen LogP contribution in [-0.2, 0) is 17.8 Å². The number of benzene rings is 3. The fourth-order valence-electron chi connectivity index (χ4n) is 4.28. The number of hydrogen-bond acceptors (Lipinski definition) is 7. The smallest absolute Gasteiger partial charge is 0.236 e. The minimum Gasteiger partial charge on any atom is -0.319 e. The predicted octanol–water partition coefficient (Wildman–Crippen LogP) is 7.11. The van der Waals surface area contributed by atoms with Crippen LogP contribution in [0.25, 0.3) is 22.1 Å². The van der Waals surface area contributed by atoms with Gasteiger partial charge in [0.2, 0.25) is 11.1 Å². The van der Waals surface area contributed by atoms with E-state index in [1.54, 1.807) is 18.3 Å². The van der Waals surface area contributed by atoms with E-state index >= 15 is 0 Å². The molecule has 0 unspecified atom stereocenters. The van der Waals surface area contributed by atoms with Crippen molar-refractivity contribution in [3.63, 3.8) is 0 Å². The van der Waals surface area contributed by atoms with Crippen LogP contribution in [0.5, 0.6) is 0 Å². The van der Waals surface area contributed by atoms with Crippen LogP contribution in [-0.4, -0.2) is 36.4 Å². The standard InChI is InChI=1S/C28H20Cl2N6OS2/c29-19-10-11-22(30)18(12-19)13-20-14-31-27(39-20)32-24(37)16-38-28-33-26-25(34-35-28)21-8-4-5-9-23(21)36(26)15-17-6-2-1-3-7-17/h1-12,14H,13,15-16H2,(H,31,32,37). The van der Waals surface area contributed by atoms with Gasteiger partial charge in [-0.3, -0.25) is 4.79 Å². The van der Waals surface area contributed by atoms with Crippen LogP contribution < -0.4 is 5.32 Å². The van der Waals surface area contributed by atoms with Crippen molar-refractivity contribution in [1.29, 1.82) is 0 Å². The van der Waals surface area contributed by atoms with Gasteiger partial charge >= 0.3 is 0 Å². The van der Waals surface area contributed by atoms with Crippen LogP contribution in [0, 0.1) is 0 Å². The Labute approximate surface area is 242 Å². The van der Waals surface area contributed by atoms with E-state index in [2.05, 4.69) is 43.3 Å². The minimum atomic E-state index is -0.199. The van der Waals surface area contributed by atoms with Crippen molar-refractivity contribution < 1.29 is 4.79 Å². The SMILES string of the molecule is O=C(CSc1nnc2c3ccccc3n(Cc3ccccc3)c2n1)Nc1ncc(Cc2cc(Cl)ccc2Cl)s1. The molecule has 7 nitrogen and oxygen atoms in total. The molecular weight excluding hydrogens is 571 g/mol. The van der Waals surface area contributed by atoms with Gasteiger partial charge in [0.15, 0.2) is 10.8 Å². The van der Waals surface area contributed by atoms with Crippen LogP contribution in [0.2, 0.25) is 10.0 Å². The summed E-state index contributed by atoms with van der Waals surface area (Å²) in [5.41, 5.74) is 4.59. The first-order valence-corrected chi connectivity index (χ1v) is 14.6. The second-order valence-corrected chi connectivity index (χ2v) is 11.6. The summed E-state index contributed by atoms with van der Waals surface area (Å²) >= 11 is 15.0. The maximum absolute atomic E-state index is 12.7. The van der Waals surface area contributed by atoms with Gasteiger partial charge in [0.05, 0.1) is 11.3 Å². The van der Waals surface area contributed by atoms with Crippen molar-refractivity contribution in [1.82, 2.24) is 24.7 Å². The lowest BCUT2D eigenvalue weighted by atomic mass is 10.1. The molecule has 11 heteroatoms. The quantitative estimate of drug-likeness (QED) is 0.190. The maximum atomic E-state index is 12.7. The molecule has 6 rings (SSSR count). The molecule has 194 valence electrons. The third-order valence-electron chi connectivity index (χ3n) is 6.04. The van der Waals surface area contributed by atoms with Crippen LogP contribution >= 0.6 is 46.3 Å². The number of carbonyl (C=O) groups is 1. The van der Waals surface area contributed by atoms with Gasteiger partial charge in [0, 0.05) is 39.5 Å². The zero-order valence-corrected chi connectivity index (χ0v) is 23.5. The number of rotatable bonds is 8. The third-order valence-corrected chi connectivity index (χ3v) is 8.40. The highest BCUT2D eigenvalue weighted by molar-refractivity contribution is 7.99. The molecule has 0 radical (unpaired) electrons. The van der Waals surface area contributed by atoms with Crippen molar-refractivity contribution in [2.75, 3.05) is 11.1 Å². The number of thioether (sulfide) groups is 1. The number of aromatic nitrogens is 5. The number of para-hydroxylation sites is 1. The molecule has 39 heavy (non-hydrogen) atoms. The van der Waals surface area contributed by atoms with Crippen LogP contribution in [0.1, 0.15) is 16.0 Å². The molecule has 0 aliphatic rings. The molecule has 0 saturated heterocycles. The number of carbonyl (C=O) groups excluding carboxylic acids is 1. The number of amides is 1. The molecule has 3 aromatic carbocycles. The van der Waals surface area contributed by atoms with E-state index in [4.69, 9.17) is 28.2 Å². The van der Waals surface area contributed by atoms with Gasteiger partial charge in [-0.15, -0.1) is 21.5 Å². The van der Waals surface area contributed by atoms with Crippen molar-refractivity contribution >= 4 is 79.4 Å². The molecule has 0 spiro atoms. The molecule has 3 aromatic heterocycles. The highest BCUT2D eigenvalue weighted by atomic mass is 35.5. The molecule has 0 saturated carbocycles. The summed E-state index contributed by atoms with van der Waals surface area (Å²) in [5, 5.41) is 14.8. The largest absolute Gasteiger partial charge is 0.319 e. The van der Waals surface area contributed by atoms with E-state index in [9.17, 15) is 4.79 Å². The highest BCUT2D eigenvalue weighted by Gasteiger charge is 2.16. The average molecular weight is 592 g/mol. The Morgan fingerprint density at radius 1 is 1.00 bits per heavy atom. The van der Waals surface area contributed by atoms with Gasteiger partial charge in [-0.05, 0) is 35.4 Å². The van der Waals surface area contributed by atoms with E-state index < -0.39 is 0 Å². The Balaban J connectivity index is 1.16. The first-order valence-electron chi connectivity index (χ1n) is 12.0. The van der Waals surface area contributed by atoms with Crippen LogP contribution in [0.3, 0.4) is 0 Å². The molecule has 1 N–H and O–H groups in total. The van der Waals surface area contributed by atoms with Gasteiger partial charge in [-0.2, -0.15) is 0 Å². The van der Waals surface area contributed by atoms with Gasteiger partial charge < -0.3 is 9.88 Å². The Morgan fingerprint density at radius 2 is 1.82 bits per heavy atom. The number of nitrogens with one attached hydrogen (secondary N) is 1. The van der Waals surface area contributed by atoms with Crippen molar-refractivity contribution in [3.05, 3.63) is 105 Å². The van der Waals surface area contributed by atoms with Gasteiger partial charge in [0.1, 0.15) is 5.52 Å². The second kappa shape index (κ2) is 11.3. The summed E-state index contributed by atoms with van der Waals surface area (Å²) in [6, 6.07) is 23.7. The zero-order valence-electron chi connectivity index (χ0n) is 20.3. The fraction of sp³-hybridized carbons (Fsp3) is 0.107. The second-order valence-electron chi connectivity index (χ2n) is 8.74. The molecule has 0 bridgehead atoms. The van der Waals surface area contributed by atoms with E-state index in [1.807, 2.05) is 42.5 Å². The van der Waals surface area contributed by atoms with E-state index in [1.165, 1.54) is 23.1 Å². The molecule has 0 aliphatic carbocycles. The lowest BCUT2D eigenvalue weighted by Gasteiger charge is -2.07. The Morgan fingerprint density at radius 3 is 2.69 bits per heavy atom. The first-order chi connectivity index (χ1) is 19.0. The van der Waals surface area contributed by atoms with Gasteiger partial charge in [-0.1, -0.05) is 83.5 Å². The van der Waals surface area contributed by atoms with Crippen LogP contribution in [0.4, 0.5) is 5.13 Å². The summed E-state index contributed by atoms with van der Waals surface area (Å²) < 4.78 is 2.14. The Hall–Kier alpha value is -3.50. The first kappa shape index (κ1) is 25.8. The van der Waals surface area contributed by atoms with Crippen molar-refractivity contribution in [3.8, 4) is 0 Å². The molecule has 0 fully saturated rings. The number of thiazole rings is 1. The molecule has 1 amide bonds. The number of hydrogen-bond donors (Lipinski definition) is 1. The van der Waals surface area contributed by atoms with E-state index in [-0.39, 0.29) is 11.7 Å². The van der Waals surface area contributed by atoms with Crippen molar-refractivity contribution in [2.24, 2.45) is 0 Å². The molecule has 0 aliphatic heterocycles. The zero-order chi connectivity index (χ0) is 26.8. The summed E-state index contributed by atoms with van der Waals surface area (Å²) in [7, 11) is 0. The van der Waals surface area contributed by atoms with E-state index in [0.717, 1.165) is 38.1 Å². The topological polar surface area (TPSA) is 85.6 Å². The summed E-state index contributed by atoms with van der Waals surface area (Å²) in [4.78, 5) is 22.8. The van der Waals surface area contributed by atoms with Gasteiger partial charge in [0.25, 0.3) is 0 Å². The number of halogens is 2. The molecule has 6 aromatic rings. The normalized spacial score (nSPS) is 11.3. The maximum Gasteiger partial charge on any atom is 0.236 e. The molecule has 0 atom stereocenters. The number of fused-ring (bicyclic) bond motifs is 3. The highest BCUT2D eigenvalue weighted by Crippen LogP contribution is 2.29. The van der Waals surface area contributed by atoms with E-state index in [0.29, 0.717) is 33.3 Å². The lowest BCUT2D eigenvalue weighted by molar-refractivity contribution is -0.113. The Kier molecular flexibility index (Phi) is 7.47. The molecule has 3 heterocycles. The van der Waals surface area contributed by atoms with Gasteiger partial charge in [-0.25, -0.2) is 9.97 Å². The third kappa shape index (κ3) is 5.77. The predicted molar refractivity (Wildman–Crippen MR) is 159 cm³/mol. The minimum absolute atomic E-state index is 0.126. The summed E-state index contributed by atoms with van der Waals surface area (Å²) in [5.74, 6) is -0.0727. The number of nitrogens with zero attached hydrogens (tertiary/aromatic N) is 5. The monoisotopic (exact) mass is 590 g/mol.